The summed E-state index contributed by atoms with van der Waals surface area (Å²) < 4.78 is 5.35. The van der Waals surface area contributed by atoms with Crippen LogP contribution < -0.4 is 15.4 Å². The number of ether oxygens (including phenoxy) is 1. The second kappa shape index (κ2) is 7.97. The Hall–Kier alpha value is -2.63. The van der Waals surface area contributed by atoms with Gasteiger partial charge < -0.3 is 15.4 Å². The van der Waals surface area contributed by atoms with Gasteiger partial charge in [0.1, 0.15) is 11.6 Å². The van der Waals surface area contributed by atoms with E-state index in [0.717, 1.165) is 18.7 Å². The zero-order chi connectivity index (χ0) is 15.8. The minimum absolute atomic E-state index is 0.274. The van der Waals surface area contributed by atoms with Crippen LogP contribution in [0.15, 0.2) is 36.4 Å². The van der Waals surface area contributed by atoms with E-state index in [-0.39, 0.29) is 11.6 Å². The van der Waals surface area contributed by atoms with Gasteiger partial charge in [0.15, 0.2) is 5.69 Å². The summed E-state index contributed by atoms with van der Waals surface area (Å²) in [6.45, 7) is 5.43. The van der Waals surface area contributed by atoms with Gasteiger partial charge in [0, 0.05) is 12.2 Å². The lowest BCUT2D eigenvalue weighted by molar-refractivity contribution is 0.102. The van der Waals surface area contributed by atoms with Crippen LogP contribution >= 0.6 is 0 Å². The average Bonchev–Trinajstić information content (AvgIpc) is 2.55. The molecule has 6 nitrogen and oxygen atoms in total. The average molecular weight is 300 g/mol. The molecule has 0 fully saturated rings. The van der Waals surface area contributed by atoms with E-state index in [2.05, 4.69) is 27.8 Å². The molecule has 1 amide bonds. The zero-order valence-electron chi connectivity index (χ0n) is 12.8. The fourth-order valence-electron chi connectivity index (χ4n) is 1.80. The fraction of sp³-hybridized carbons (Fsp3) is 0.312. The van der Waals surface area contributed by atoms with Crippen molar-refractivity contribution in [1.82, 2.24) is 10.2 Å². The highest BCUT2D eigenvalue weighted by Crippen LogP contribution is 2.16. The van der Waals surface area contributed by atoms with E-state index in [1.54, 1.807) is 24.3 Å². The van der Waals surface area contributed by atoms with Crippen molar-refractivity contribution >= 4 is 17.4 Å². The van der Waals surface area contributed by atoms with Gasteiger partial charge in [0.05, 0.1) is 6.61 Å². The summed E-state index contributed by atoms with van der Waals surface area (Å²) in [6.07, 6.45) is 1.00. The Morgan fingerprint density at radius 1 is 1.09 bits per heavy atom. The van der Waals surface area contributed by atoms with E-state index in [1.165, 1.54) is 0 Å². The van der Waals surface area contributed by atoms with Crippen molar-refractivity contribution in [3.8, 4) is 5.75 Å². The van der Waals surface area contributed by atoms with Gasteiger partial charge >= 0.3 is 0 Å². The number of rotatable bonds is 7. The van der Waals surface area contributed by atoms with Gasteiger partial charge in [-0.2, -0.15) is 0 Å². The number of aromatic nitrogens is 2. The second-order valence-electron chi connectivity index (χ2n) is 4.64. The maximum absolute atomic E-state index is 12.1. The van der Waals surface area contributed by atoms with Crippen LogP contribution in [0.4, 0.5) is 11.5 Å². The Morgan fingerprint density at radius 2 is 1.86 bits per heavy atom. The Kier molecular flexibility index (Phi) is 5.71. The quantitative estimate of drug-likeness (QED) is 0.822. The van der Waals surface area contributed by atoms with Crippen LogP contribution in [0.1, 0.15) is 30.8 Å². The number of hydrogen-bond acceptors (Lipinski definition) is 5. The van der Waals surface area contributed by atoms with Crippen LogP contribution in [0, 0.1) is 0 Å². The fourth-order valence-corrected chi connectivity index (χ4v) is 1.80. The largest absolute Gasteiger partial charge is 0.494 e. The highest BCUT2D eigenvalue weighted by Gasteiger charge is 2.08. The molecule has 0 radical (unpaired) electrons. The van der Waals surface area contributed by atoms with Crippen molar-refractivity contribution in [2.75, 3.05) is 23.8 Å². The second-order valence-corrected chi connectivity index (χ2v) is 4.64. The van der Waals surface area contributed by atoms with Gasteiger partial charge in [-0.05, 0) is 49.7 Å². The number of amides is 1. The van der Waals surface area contributed by atoms with Crippen molar-refractivity contribution in [1.29, 1.82) is 0 Å². The zero-order valence-corrected chi connectivity index (χ0v) is 12.8. The van der Waals surface area contributed by atoms with E-state index < -0.39 is 0 Å². The van der Waals surface area contributed by atoms with E-state index in [4.69, 9.17) is 4.74 Å². The predicted octanol–water partition coefficient (Wildman–Crippen LogP) is 2.95. The minimum Gasteiger partial charge on any atom is -0.494 e. The molecular formula is C16H20N4O2. The molecule has 0 saturated carbocycles. The molecule has 0 bridgehead atoms. The summed E-state index contributed by atoms with van der Waals surface area (Å²) >= 11 is 0. The molecule has 0 atom stereocenters. The van der Waals surface area contributed by atoms with Gasteiger partial charge in [-0.25, -0.2) is 0 Å². The minimum atomic E-state index is -0.293. The first kappa shape index (κ1) is 15.8. The Balaban J connectivity index is 1.96. The van der Waals surface area contributed by atoms with Crippen molar-refractivity contribution in [2.24, 2.45) is 0 Å². The number of nitrogens with one attached hydrogen (secondary N) is 2. The maximum atomic E-state index is 12.1. The SMILES string of the molecule is CCCNc1ccc(C(=O)Nc2ccc(OCC)cc2)nn1. The van der Waals surface area contributed by atoms with E-state index in [9.17, 15) is 4.79 Å². The van der Waals surface area contributed by atoms with E-state index in [1.807, 2.05) is 19.1 Å². The summed E-state index contributed by atoms with van der Waals surface area (Å²) in [6, 6.07) is 10.6. The molecule has 0 saturated heterocycles. The predicted molar refractivity (Wildman–Crippen MR) is 86.4 cm³/mol. The van der Waals surface area contributed by atoms with Crippen LogP contribution in [0.5, 0.6) is 5.75 Å². The van der Waals surface area contributed by atoms with Crippen LogP contribution in [-0.4, -0.2) is 29.3 Å². The molecule has 22 heavy (non-hydrogen) atoms. The number of benzene rings is 1. The van der Waals surface area contributed by atoms with Gasteiger partial charge in [-0.3, -0.25) is 4.79 Å². The summed E-state index contributed by atoms with van der Waals surface area (Å²) in [5.74, 6) is 1.14. The normalized spacial score (nSPS) is 10.1. The van der Waals surface area contributed by atoms with Gasteiger partial charge in [-0.15, -0.1) is 10.2 Å². The first-order chi connectivity index (χ1) is 10.7. The smallest absolute Gasteiger partial charge is 0.276 e. The van der Waals surface area contributed by atoms with Crippen LogP contribution in [0.2, 0.25) is 0 Å². The monoisotopic (exact) mass is 300 g/mol. The number of anilines is 2. The third kappa shape index (κ3) is 4.44. The molecule has 0 aliphatic carbocycles. The first-order valence-corrected chi connectivity index (χ1v) is 7.34. The molecule has 1 aromatic heterocycles. The molecular weight excluding hydrogens is 280 g/mol. The first-order valence-electron chi connectivity index (χ1n) is 7.34. The Bertz CT molecular complexity index is 597. The van der Waals surface area contributed by atoms with Crippen molar-refractivity contribution < 1.29 is 9.53 Å². The Labute approximate surface area is 129 Å². The molecule has 0 spiro atoms. The standard InChI is InChI=1S/C16H20N4O2/c1-3-11-17-15-10-9-14(19-20-15)16(21)18-12-5-7-13(8-6-12)22-4-2/h5-10H,3-4,11H2,1-2H3,(H,17,20)(H,18,21). The highest BCUT2D eigenvalue weighted by molar-refractivity contribution is 6.02. The van der Waals surface area contributed by atoms with Crippen LogP contribution in [0.3, 0.4) is 0 Å². The molecule has 2 N–H and O–H groups in total. The summed E-state index contributed by atoms with van der Waals surface area (Å²) in [7, 11) is 0. The molecule has 0 aliphatic heterocycles. The molecule has 0 unspecified atom stereocenters. The molecule has 2 rings (SSSR count). The van der Waals surface area contributed by atoms with Crippen molar-refractivity contribution in [2.45, 2.75) is 20.3 Å². The number of nitrogens with zero attached hydrogens (tertiary/aromatic N) is 2. The molecule has 6 heteroatoms. The lowest BCUT2D eigenvalue weighted by Crippen LogP contribution is -2.15. The molecule has 2 aromatic rings. The van der Waals surface area contributed by atoms with E-state index >= 15 is 0 Å². The number of hydrogen-bond donors (Lipinski definition) is 2. The lowest BCUT2D eigenvalue weighted by Gasteiger charge is -2.07. The Morgan fingerprint density at radius 3 is 2.45 bits per heavy atom. The summed E-state index contributed by atoms with van der Waals surface area (Å²) in [5.41, 5.74) is 0.958. The topological polar surface area (TPSA) is 76.1 Å². The van der Waals surface area contributed by atoms with Gasteiger partial charge in [0.25, 0.3) is 5.91 Å². The van der Waals surface area contributed by atoms with E-state index in [0.29, 0.717) is 18.1 Å². The maximum Gasteiger partial charge on any atom is 0.276 e. The molecule has 116 valence electrons. The number of carbonyl (C=O) groups excluding carboxylic acids is 1. The highest BCUT2D eigenvalue weighted by atomic mass is 16.5. The molecule has 0 aliphatic rings. The van der Waals surface area contributed by atoms with Crippen LogP contribution in [-0.2, 0) is 0 Å². The number of carbonyl (C=O) groups is 1. The van der Waals surface area contributed by atoms with Crippen molar-refractivity contribution in [3.63, 3.8) is 0 Å². The van der Waals surface area contributed by atoms with Crippen LogP contribution in [0.25, 0.3) is 0 Å². The third-order valence-electron chi connectivity index (χ3n) is 2.88. The van der Waals surface area contributed by atoms with Gasteiger partial charge in [0.2, 0.25) is 0 Å². The summed E-state index contributed by atoms with van der Waals surface area (Å²) in [4.78, 5) is 12.1. The molecule has 1 heterocycles. The lowest BCUT2D eigenvalue weighted by atomic mass is 10.3. The third-order valence-corrected chi connectivity index (χ3v) is 2.88. The molecule has 1 aromatic carbocycles. The van der Waals surface area contributed by atoms with Crippen molar-refractivity contribution in [3.05, 3.63) is 42.1 Å². The van der Waals surface area contributed by atoms with Gasteiger partial charge in [-0.1, -0.05) is 6.92 Å². The summed E-state index contributed by atoms with van der Waals surface area (Å²) in [5, 5.41) is 13.8.